The molecule has 1 heterocycles. The molecular formula is C21H20O4. The van der Waals surface area contributed by atoms with E-state index in [1.165, 1.54) is 5.56 Å². The monoisotopic (exact) mass is 336 g/mol. The molecule has 0 saturated carbocycles. The largest absolute Gasteiger partial charge is 0.497 e. The quantitative estimate of drug-likeness (QED) is 0.617. The minimum Gasteiger partial charge on any atom is -0.497 e. The third-order valence-corrected chi connectivity index (χ3v) is 4.26. The lowest BCUT2D eigenvalue weighted by atomic mass is 10.0. The average Bonchev–Trinajstić information content (AvgIpc) is 2.98. The molecule has 0 saturated heterocycles. The minimum atomic E-state index is -0.377. The van der Waals surface area contributed by atoms with E-state index < -0.39 is 0 Å². The van der Waals surface area contributed by atoms with E-state index in [9.17, 15) is 4.79 Å². The van der Waals surface area contributed by atoms with Crippen molar-refractivity contribution in [2.75, 3.05) is 14.2 Å². The summed E-state index contributed by atoms with van der Waals surface area (Å²) >= 11 is 0. The zero-order valence-electron chi connectivity index (χ0n) is 14.8. The topological polar surface area (TPSA) is 44.8 Å². The van der Waals surface area contributed by atoms with Crippen molar-refractivity contribution in [3.8, 4) is 11.5 Å². The number of carbonyl (C=O) groups is 1. The van der Waals surface area contributed by atoms with Gasteiger partial charge in [0.05, 0.1) is 19.8 Å². The molecular weight excluding hydrogens is 316 g/mol. The van der Waals surface area contributed by atoms with E-state index in [1.54, 1.807) is 32.4 Å². The minimum absolute atomic E-state index is 0.377. The summed E-state index contributed by atoms with van der Waals surface area (Å²) < 4.78 is 16.0. The van der Waals surface area contributed by atoms with Crippen LogP contribution >= 0.6 is 0 Å². The summed E-state index contributed by atoms with van der Waals surface area (Å²) in [5.74, 6) is 1.53. The van der Waals surface area contributed by atoms with Crippen LogP contribution in [0.1, 0.15) is 22.3 Å². The van der Waals surface area contributed by atoms with Crippen molar-refractivity contribution in [1.82, 2.24) is 0 Å². The van der Waals surface area contributed by atoms with E-state index in [0.29, 0.717) is 22.8 Å². The Labute approximate surface area is 147 Å². The molecule has 0 fully saturated rings. The molecule has 0 radical (unpaired) electrons. The lowest BCUT2D eigenvalue weighted by Gasteiger charge is -2.07. The summed E-state index contributed by atoms with van der Waals surface area (Å²) in [4.78, 5) is 12.3. The Morgan fingerprint density at radius 1 is 0.960 bits per heavy atom. The number of benzene rings is 2. The molecule has 0 N–H and O–H groups in total. The van der Waals surface area contributed by atoms with Gasteiger partial charge in [-0.15, -0.1) is 0 Å². The van der Waals surface area contributed by atoms with E-state index in [0.717, 1.165) is 16.7 Å². The second-order valence-corrected chi connectivity index (χ2v) is 5.90. The van der Waals surface area contributed by atoms with Crippen molar-refractivity contribution in [2.45, 2.75) is 13.8 Å². The Kier molecular flexibility index (Phi) is 4.61. The highest BCUT2D eigenvalue weighted by Crippen LogP contribution is 2.31. The maximum atomic E-state index is 12.3. The maximum absolute atomic E-state index is 12.3. The van der Waals surface area contributed by atoms with E-state index in [4.69, 9.17) is 14.2 Å². The number of hydrogen-bond acceptors (Lipinski definition) is 4. The summed E-state index contributed by atoms with van der Waals surface area (Å²) in [6, 6.07) is 11.4. The average molecular weight is 336 g/mol. The molecule has 4 heteroatoms. The Hall–Kier alpha value is -3.01. The zero-order valence-corrected chi connectivity index (χ0v) is 14.8. The molecule has 0 unspecified atom stereocenters. The van der Waals surface area contributed by atoms with Crippen molar-refractivity contribution >= 4 is 17.8 Å². The highest BCUT2D eigenvalue weighted by atomic mass is 16.5. The van der Waals surface area contributed by atoms with Crippen molar-refractivity contribution in [3.63, 3.8) is 0 Å². The normalized spacial score (nSPS) is 15.1. The molecule has 1 aliphatic heterocycles. The molecule has 0 atom stereocenters. The fraction of sp³-hybridized carbons (Fsp3) is 0.190. The third kappa shape index (κ3) is 3.43. The van der Waals surface area contributed by atoms with Crippen LogP contribution in [-0.2, 0) is 9.53 Å². The van der Waals surface area contributed by atoms with Crippen LogP contribution in [0.4, 0.5) is 0 Å². The number of rotatable bonds is 4. The summed E-state index contributed by atoms with van der Waals surface area (Å²) in [6.45, 7) is 4.09. The van der Waals surface area contributed by atoms with Gasteiger partial charge < -0.3 is 14.2 Å². The van der Waals surface area contributed by atoms with E-state index in [1.807, 2.05) is 37.3 Å². The standard InChI is InChI=1S/C21H20O4/c1-13-5-6-15(9-14(13)2)20-12-17(21(22)25-20)10-16-11-18(23-3)7-8-19(16)24-4/h5-12H,1-4H3/b17-10+. The van der Waals surface area contributed by atoms with E-state index in [-0.39, 0.29) is 5.97 Å². The molecule has 0 amide bonds. The van der Waals surface area contributed by atoms with Crippen LogP contribution in [0, 0.1) is 13.8 Å². The number of cyclic esters (lactones) is 1. The molecule has 2 aromatic rings. The molecule has 4 nitrogen and oxygen atoms in total. The van der Waals surface area contributed by atoms with Gasteiger partial charge in [-0.05, 0) is 61.4 Å². The van der Waals surface area contributed by atoms with Gasteiger partial charge in [0.2, 0.25) is 0 Å². The van der Waals surface area contributed by atoms with Gasteiger partial charge in [0, 0.05) is 11.1 Å². The molecule has 0 spiro atoms. The van der Waals surface area contributed by atoms with Crippen molar-refractivity contribution in [3.05, 3.63) is 70.3 Å². The van der Waals surface area contributed by atoms with E-state index in [2.05, 4.69) is 6.92 Å². The van der Waals surface area contributed by atoms with Gasteiger partial charge >= 0.3 is 5.97 Å². The van der Waals surface area contributed by atoms with Crippen molar-refractivity contribution < 1.29 is 19.0 Å². The van der Waals surface area contributed by atoms with Crippen LogP contribution in [0.5, 0.6) is 11.5 Å². The highest BCUT2D eigenvalue weighted by Gasteiger charge is 2.22. The summed E-state index contributed by atoms with van der Waals surface area (Å²) in [7, 11) is 3.19. The smallest absolute Gasteiger partial charge is 0.343 e. The van der Waals surface area contributed by atoms with Crippen LogP contribution in [0.25, 0.3) is 11.8 Å². The van der Waals surface area contributed by atoms with Gasteiger partial charge in [-0.3, -0.25) is 0 Å². The Bertz CT molecular complexity index is 891. The van der Waals surface area contributed by atoms with Crippen LogP contribution in [0.2, 0.25) is 0 Å². The Morgan fingerprint density at radius 2 is 1.76 bits per heavy atom. The third-order valence-electron chi connectivity index (χ3n) is 4.26. The number of carbonyl (C=O) groups excluding carboxylic acids is 1. The first kappa shape index (κ1) is 16.8. The van der Waals surface area contributed by atoms with Gasteiger partial charge in [0.15, 0.2) is 0 Å². The first-order valence-corrected chi connectivity index (χ1v) is 7.97. The van der Waals surface area contributed by atoms with Gasteiger partial charge in [0.1, 0.15) is 17.3 Å². The molecule has 25 heavy (non-hydrogen) atoms. The maximum Gasteiger partial charge on any atom is 0.343 e. The number of ether oxygens (including phenoxy) is 3. The highest BCUT2D eigenvalue weighted by molar-refractivity contribution is 6.05. The van der Waals surface area contributed by atoms with Crippen LogP contribution in [0.3, 0.4) is 0 Å². The summed E-state index contributed by atoms with van der Waals surface area (Å²) in [5.41, 5.74) is 4.47. The molecule has 128 valence electrons. The first-order valence-electron chi connectivity index (χ1n) is 7.97. The zero-order chi connectivity index (χ0) is 18.0. The van der Waals surface area contributed by atoms with E-state index >= 15 is 0 Å². The SMILES string of the molecule is COc1ccc(OC)c(/C=C2\C=C(c3ccc(C)c(C)c3)OC2=O)c1. The first-order chi connectivity index (χ1) is 12.0. The van der Waals surface area contributed by atoms with Crippen LogP contribution in [-0.4, -0.2) is 20.2 Å². The predicted octanol–water partition coefficient (Wildman–Crippen LogP) is 4.30. The summed E-state index contributed by atoms with van der Waals surface area (Å²) in [6.07, 6.45) is 3.50. The Morgan fingerprint density at radius 3 is 2.44 bits per heavy atom. The number of esters is 1. The fourth-order valence-electron chi connectivity index (χ4n) is 2.65. The van der Waals surface area contributed by atoms with Crippen LogP contribution < -0.4 is 9.47 Å². The molecule has 0 bridgehead atoms. The van der Waals surface area contributed by atoms with Gasteiger partial charge in [-0.25, -0.2) is 4.79 Å². The number of aryl methyl sites for hydroxylation is 2. The predicted molar refractivity (Wildman–Crippen MR) is 97.5 cm³/mol. The Balaban J connectivity index is 2.00. The van der Waals surface area contributed by atoms with Gasteiger partial charge in [-0.1, -0.05) is 12.1 Å². The lowest BCUT2D eigenvalue weighted by molar-refractivity contribution is -0.130. The molecule has 2 aromatic carbocycles. The van der Waals surface area contributed by atoms with Gasteiger partial charge in [0.25, 0.3) is 0 Å². The molecule has 0 aromatic heterocycles. The molecule has 1 aliphatic rings. The van der Waals surface area contributed by atoms with Crippen LogP contribution in [0.15, 0.2) is 48.0 Å². The summed E-state index contributed by atoms with van der Waals surface area (Å²) in [5, 5.41) is 0. The van der Waals surface area contributed by atoms with Gasteiger partial charge in [-0.2, -0.15) is 0 Å². The second-order valence-electron chi connectivity index (χ2n) is 5.90. The lowest BCUT2D eigenvalue weighted by Crippen LogP contribution is -1.98. The molecule has 3 rings (SSSR count). The molecule has 0 aliphatic carbocycles. The second kappa shape index (κ2) is 6.85. The number of methoxy groups -OCH3 is 2. The van der Waals surface area contributed by atoms with Crippen molar-refractivity contribution in [2.24, 2.45) is 0 Å². The number of hydrogen-bond donors (Lipinski definition) is 0. The fourth-order valence-corrected chi connectivity index (χ4v) is 2.65. The van der Waals surface area contributed by atoms with Crippen molar-refractivity contribution in [1.29, 1.82) is 0 Å².